The summed E-state index contributed by atoms with van der Waals surface area (Å²) in [7, 11) is 0. The number of nitrogens with zero attached hydrogens (tertiary/aromatic N) is 1. The normalized spacial score (nSPS) is 22.4. The van der Waals surface area contributed by atoms with Crippen LogP contribution in [-0.4, -0.2) is 48.9 Å². The minimum Gasteiger partial charge on any atom is -0.354 e. The average molecular weight is 380 g/mol. The van der Waals surface area contributed by atoms with Crippen molar-refractivity contribution in [3.05, 3.63) is 48.0 Å². The fourth-order valence-corrected chi connectivity index (χ4v) is 4.46. The van der Waals surface area contributed by atoms with Crippen molar-refractivity contribution in [2.45, 2.75) is 38.1 Å². The summed E-state index contributed by atoms with van der Waals surface area (Å²) in [6.07, 6.45) is 4.50. The van der Waals surface area contributed by atoms with Gasteiger partial charge >= 0.3 is 0 Å². The Morgan fingerprint density at radius 1 is 1.07 bits per heavy atom. The number of benzene rings is 2. The van der Waals surface area contributed by atoms with Crippen LogP contribution < -0.4 is 10.6 Å². The van der Waals surface area contributed by atoms with E-state index in [4.69, 9.17) is 0 Å². The van der Waals surface area contributed by atoms with Gasteiger partial charge < -0.3 is 15.5 Å². The number of hydrogen-bond acceptors (Lipinski definition) is 3. The number of hydrogen-bond donors (Lipinski definition) is 2. The third-order valence-corrected chi connectivity index (χ3v) is 6.04. The van der Waals surface area contributed by atoms with Crippen LogP contribution in [0.15, 0.2) is 42.5 Å². The van der Waals surface area contributed by atoms with E-state index in [9.17, 15) is 9.59 Å². The second-order valence-electron chi connectivity index (χ2n) is 8.06. The highest BCUT2D eigenvalue weighted by molar-refractivity contribution is 5.90. The van der Waals surface area contributed by atoms with E-state index < -0.39 is 0 Å². The van der Waals surface area contributed by atoms with Gasteiger partial charge in [0.2, 0.25) is 11.8 Å². The Kier molecular flexibility index (Phi) is 5.91. The Morgan fingerprint density at radius 2 is 1.93 bits per heavy atom. The van der Waals surface area contributed by atoms with E-state index in [0.717, 1.165) is 56.3 Å². The summed E-state index contributed by atoms with van der Waals surface area (Å²) in [6.45, 7) is 3.15. The number of fused-ring (bicyclic) bond motifs is 1. The number of rotatable bonds is 5. The van der Waals surface area contributed by atoms with Crippen LogP contribution >= 0.6 is 0 Å². The standard InChI is InChI=1S/C23H29N3O2/c27-22(14-19-9-3-8-18-7-1-2-10-20(18)19)26-13-5-6-17(16-26)15-25-23(28)21-11-4-12-24-21/h1-3,7-10,17,21,24H,4-6,11-16H2,(H,25,28). The molecule has 2 aromatic carbocycles. The van der Waals surface area contributed by atoms with Crippen LogP contribution in [0.2, 0.25) is 0 Å². The first-order chi connectivity index (χ1) is 13.7. The molecule has 0 spiro atoms. The zero-order chi connectivity index (χ0) is 19.3. The van der Waals surface area contributed by atoms with Crippen molar-refractivity contribution in [3.8, 4) is 0 Å². The van der Waals surface area contributed by atoms with E-state index in [1.807, 2.05) is 23.1 Å². The first-order valence-corrected chi connectivity index (χ1v) is 10.5. The number of carbonyl (C=O) groups is 2. The quantitative estimate of drug-likeness (QED) is 0.839. The molecule has 2 heterocycles. The van der Waals surface area contributed by atoms with E-state index in [1.165, 1.54) is 5.39 Å². The highest BCUT2D eigenvalue weighted by Gasteiger charge is 2.26. The van der Waals surface area contributed by atoms with Crippen molar-refractivity contribution in [2.75, 3.05) is 26.2 Å². The van der Waals surface area contributed by atoms with Crippen molar-refractivity contribution >= 4 is 22.6 Å². The lowest BCUT2D eigenvalue weighted by atomic mass is 9.96. The summed E-state index contributed by atoms with van der Waals surface area (Å²) in [5, 5.41) is 8.65. The molecule has 5 heteroatoms. The van der Waals surface area contributed by atoms with E-state index >= 15 is 0 Å². The molecule has 2 amide bonds. The van der Waals surface area contributed by atoms with Crippen molar-refractivity contribution in [3.63, 3.8) is 0 Å². The monoisotopic (exact) mass is 379 g/mol. The Labute approximate surface area is 166 Å². The first-order valence-electron chi connectivity index (χ1n) is 10.5. The summed E-state index contributed by atoms with van der Waals surface area (Å²) >= 11 is 0. The highest BCUT2D eigenvalue weighted by atomic mass is 16.2. The summed E-state index contributed by atoms with van der Waals surface area (Å²) in [5.41, 5.74) is 1.09. The number of likely N-dealkylation sites (tertiary alicyclic amines) is 1. The van der Waals surface area contributed by atoms with Crippen molar-refractivity contribution in [1.82, 2.24) is 15.5 Å². The molecular weight excluding hydrogens is 350 g/mol. The van der Waals surface area contributed by atoms with Gasteiger partial charge in [-0.15, -0.1) is 0 Å². The van der Waals surface area contributed by atoms with Crippen LogP contribution in [0.3, 0.4) is 0 Å². The van der Waals surface area contributed by atoms with Crippen LogP contribution in [-0.2, 0) is 16.0 Å². The Hall–Kier alpha value is -2.40. The SMILES string of the molecule is O=C(NCC1CCCN(C(=O)Cc2cccc3ccccc23)C1)C1CCCN1. The van der Waals surface area contributed by atoms with E-state index in [0.29, 0.717) is 18.9 Å². The van der Waals surface area contributed by atoms with Crippen LogP contribution in [0.5, 0.6) is 0 Å². The van der Waals surface area contributed by atoms with Gasteiger partial charge in [-0.1, -0.05) is 42.5 Å². The van der Waals surface area contributed by atoms with Gasteiger partial charge in [-0.2, -0.15) is 0 Å². The van der Waals surface area contributed by atoms with Gasteiger partial charge in [-0.3, -0.25) is 9.59 Å². The topological polar surface area (TPSA) is 61.4 Å². The molecule has 2 aromatic rings. The van der Waals surface area contributed by atoms with E-state index in [-0.39, 0.29) is 17.9 Å². The van der Waals surface area contributed by atoms with Crippen molar-refractivity contribution < 1.29 is 9.59 Å². The molecule has 2 aliphatic heterocycles. The molecule has 148 valence electrons. The molecule has 2 aliphatic rings. The molecule has 5 nitrogen and oxygen atoms in total. The van der Waals surface area contributed by atoms with Gasteiger partial charge in [-0.05, 0) is 54.5 Å². The van der Waals surface area contributed by atoms with Gasteiger partial charge in [0, 0.05) is 19.6 Å². The molecule has 0 saturated carbocycles. The minimum absolute atomic E-state index is 0.0345. The van der Waals surface area contributed by atoms with Crippen LogP contribution in [0.1, 0.15) is 31.2 Å². The fraction of sp³-hybridized carbons (Fsp3) is 0.478. The van der Waals surface area contributed by atoms with E-state index in [2.05, 4.69) is 34.9 Å². The number of piperidine rings is 1. The molecule has 28 heavy (non-hydrogen) atoms. The second kappa shape index (κ2) is 8.74. The van der Waals surface area contributed by atoms with Gasteiger partial charge in [-0.25, -0.2) is 0 Å². The third kappa shape index (κ3) is 4.36. The molecule has 2 atom stereocenters. The zero-order valence-electron chi connectivity index (χ0n) is 16.3. The Balaban J connectivity index is 1.33. The molecular formula is C23H29N3O2. The molecule has 0 radical (unpaired) electrons. The van der Waals surface area contributed by atoms with Crippen LogP contribution in [0.25, 0.3) is 10.8 Å². The Morgan fingerprint density at radius 3 is 2.79 bits per heavy atom. The number of amides is 2. The highest BCUT2D eigenvalue weighted by Crippen LogP contribution is 2.21. The smallest absolute Gasteiger partial charge is 0.237 e. The zero-order valence-corrected chi connectivity index (χ0v) is 16.3. The van der Waals surface area contributed by atoms with Gasteiger partial charge in [0.15, 0.2) is 0 Å². The molecule has 2 fully saturated rings. The molecule has 0 aliphatic carbocycles. The molecule has 2 N–H and O–H groups in total. The maximum atomic E-state index is 12.9. The maximum absolute atomic E-state index is 12.9. The van der Waals surface area contributed by atoms with E-state index in [1.54, 1.807) is 0 Å². The fourth-order valence-electron chi connectivity index (χ4n) is 4.46. The second-order valence-corrected chi connectivity index (χ2v) is 8.06. The maximum Gasteiger partial charge on any atom is 0.237 e. The summed E-state index contributed by atoms with van der Waals surface area (Å²) < 4.78 is 0. The third-order valence-electron chi connectivity index (χ3n) is 6.04. The first kappa shape index (κ1) is 18.9. The number of nitrogens with one attached hydrogen (secondary N) is 2. The number of carbonyl (C=O) groups excluding carboxylic acids is 2. The molecule has 4 rings (SSSR count). The van der Waals surface area contributed by atoms with Crippen LogP contribution in [0, 0.1) is 5.92 Å². The van der Waals surface area contributed by atoms with Gasteiger partial charge in [0.05, 0.1) is 12.5 Å². The summed E-state index contributed by atoms with van der Waals surface area (Å²) in [4.78, 5) is 27.1. The summed E-state index contributed by atoms with van der Waals surface area (Å²) in [6, 6.07) is 14.3. The summed E-state index contributed by atoms with van der Waals surface area (Å²) in [5.74, 6) is 0.636. The Bertz CT molecular complexity index is 839. The average Bonchev–Trinajstić information content (AvgIpc) is 3.27. The lowest BCUT2D eigenvalue weighted by Crippen LogP contribution is -2.47. The van der Waals surface area contributed by atoms with Crippen LogP contribution in [0.4, 0.5) is 0 Å². The largest absolute Gasteiger partial charge is 0.354 e. The molecule has 2 saturated heterocycles. The van der Waals surface area contributed by atoms with Crippen molar-refractivity contribution in [1.29, 1.82) is 0 Å². The van der Waals surface area contributed by atoms with Gasteiger partial charge in [0.1, 0.15) is 0 Å². The lowest BCUT2D eigenvalue weighted by Gasteiger charge is -2.33. The minimum atomic E-state index is -0.0345. The van der Waals surface area contributed by atoms with Gasteiger partial charge in [0.25, 0.3) is 0 Å². The molecule has 0 bridgehead atoms. The predicted molar refractivity (Wildman–Crippen MR) is 111 cm³/mol. The predicted octanol–water partition coefficient (Wildman–Crippen LogP) is 2.49. The molecule has 2 unspecified atom stereocenters. The molecule has 0 aromatic heterocycles. The van der Waals surface area contributed by atoms with Crippen molar-refractivity contribution in [2.24, 2.45) is 5.92 Å². The lowest BCUT2D eigenvalue weighted by molar-refractivity contribution is -0.132.